The molecule has 1 aromatic heterocycles. The van der Waals surface area contributed by atoms with Gasteiger partial charge >= 0.3 is 0 Å². The number of aryl methyl sites for hydroxylation is 1. The van der Waals surface area contributed by atoms with Crippen molar-refractivity contribution in [3.63, 3.8) is 0 Å². The Bertz CT molecular complexity index is 1050. The summed E-state index contributed by atoms with van der Waals surface area (Å²) in [7, 11) is 0. The summed E-state index contributed by atoms with van der Waals surface area (Å²) in [6, 6.07) is 12.2. The molecular formula is C20H21N3O5. The van der Waals surface area contributed by atoms with Crippen LogP contribution in [0.4, 0.5) is 5.69 Å². The topological polar surface area (TPSA) is 114 Å². The first kappa shape index (κ1) is 19.5. The summed E-state index contributed by atoms with van der Waals surface area (Å²) >= 11 is 0. The summed E-state index contributed by atoms with van der Waals surface area (Å²) in [6.45, 7) is 1.30. The third-order valence-electron chi connectivity index (χ3n) is 4.18. The molecule has 0 aliphatic heterocycles. The van der Waals surface area contributed by atoms with Crippen molar-refractivity contribution in [2.45, 2.75) is 19.6 Å². The fourth-order valence-corrected chi connectivity index (χ4v) is 2.75. The summed E-state index contributed by atoms with van der Waals surface area (Å²) in [5.74, 6) is 0.0992. The Balaban J connectivity index is 1.75. The Morgan fingerprint density at radius 1 is 1.29 bits per heavy atom. The maximum Gasteiger partial charge on any atom is 0.261 e. The fraction of sp³-hybridized carbons (Fsp3) is 0.250. The molecule has 3 rings (SSSR count). The second kappa shape index (κ2) is 8.64. The molecule has 8 heteroatoms. The number of anilines is 1. The van der Waals surface area contributed by atoms with Crippen LogP contribution in [0.1, 0.15) is 5.56 Å². The summed E-state index contributed by atoms with van der Waals surface area (Å²) < 4.78 is 6.91. The Morgan fingerprint density at radius 2 is 2.07 bits per heavy atom. The van der Waals surface area contributed by atoms with Crippen molar-refractivity contribution in [1.82, 2.24) is 9.55 Å². The van der Waals surface area contributed by atoms with Gasteiger partial charge in [0.15, 0.2) is 0 Å². The average Bonchev–Trinajstić information content (AvgIpc) is 2.69. The largest absolute Gasteiger partial charge is 0.491 e. The SMILES string of the molecule is Cc1ccccc1OCC(O)Cn1cnc2ccc(NC(=O)CO)cc2c1=O. The first-order chi connectivity index (χ1) is 13.5. The van der Waals surface area contributed by atoms with Gasteiger partial charge in [-0.3, -0.25) is 14.2 Å². The summed E-state index contributed by atoms with van der Waals surface area (Å²) in [5.41, 5.74) is 1.46. The van der Waals surface area contributed by atoms with Crippen LogP contribution >= 0.6 is 0 Å². The van der Waals surface area contributed by atoms with E-state index in [1.165, 1.54) is 17.0 Å². The number of aliphatic hydroxyl groups excluding tert-OH is 2. The number of aliphatic hydroxyl groups is 2. The van der Waals surface area contributed by atoms with Gasteiger partial charge in [-0.2, -0.15) is 0 Å². The van der Waals surface area contributed by atoms with Crippen molar-refractivity contribution >= 4 is 22.5 Å². The van der Waals surface area contributed by atoms with Gasteiger partial charge in [0.05, 0.1) is 23.8 Å². The van der Waals surface area contributed by atoms with Crippen LogP contribution in [0.15, 0.2) is 53.6 Å². The fourth-order valence-electron chi connectivity index (χ4n) is 2.75. The number of nitrogens with zero attached hydrogens (tertiary/aromatic N) is 2. The van der Waals surface area contributed by atoms with Crippen molar-refractivity contribution in [3.05, 3.63) is 64.7 Å². The number of nitrogens with one attached hydrogen (secondary N) is 1. The predicted octanol–water partition coefficient (Wildman–Crippen LogP) is 1.08. The molecule has 1 unspecified atom stereocenters. The summed E-state index contributed by atoms with van der Waals surface area (Å²) in [5, 5.41) is 21.9. The molecule has 0 aliphatic rings. The Hall–Kier alpha value is -3.23. The smallest absolute Gasteiger partial charge is 0.261 e. The van der Waals surface area contributed by atoms with Crippen LogP contribution in [0, 0.1) is 6.92 Å². The third kappa shape index (κ3) is 4.54. The molecule has 1 heterocycles. The predicted molar refractivity (Wildman–Crippen MR) is 104 cm³/mol. The van der Waals surface area contributed by atoms with Crippen molar-refractivity contribution in [2.24, 2.45) is 0 Å². The van der Waals surface area contributed by atoms with Gasteiger partial charge in [-0.25, -0.2) is 4.98 Å². The molecule has 0 saturated heterocycles. The number of hydrogen-bond donors (Lipinski definition) is 3. The lowest BCUT2D eigenvalue weighted by atomic mass is 10.2. The zero-order chi connectivity index (χ0) is 20.1. The number of rotatable bonds is 7. The molecule has 1 amide bonds. The van der Waals surface area contributed by atoms with Crippen LogP contribution < -0.4 is 15.6 Å². The Morgan fingerprint density at radius 3 is 2.82 bits per heavy atom. The van der Waals surface area contributed by atoms with E-state index < -0.39 is 18.6 Å². The third-order valence-corrected chi connectivity index (χ3v) is 4.18. The number of carbonyl (C=O) groups is 1. The van der Waals surface area contributed by atoms with Crippen molar-refractivity contribution in [3.8, 4) is 5.75 Å². The van der Waals surface area contributed by atoms with Crippen LogP contribution in [-0.4, -0.2) is 45.0 Å². The van der Waals surface area contributed by atoms with E-state index in [4.69, 9.17) is 9.84 Å². The van der Waals surface area contributed by atoms with Gasteiger partial charge in [0.2, 0.25) is 5.91 Å². The van der Waals surface area contributed by atoms with Crippen LogP contribution in [0.5, 0.6) is 5.75 Å². The summed E-state index contributed by atoms with van der Waals surface area (Å²) in [6.07, 6.45) is 0.460. The minimum atomic E-state index is -0.908. The van der Waals surface area contributed by atoms with E-state index in [1.54, 1.807) is 12.1 Å². The highest BCUT2D eigenvalue weighted by molar-refractivity contribution is 5.94. The monoisotopic (exact) mass is 383 g/mol. The number of para-hydroxylation sites is 1. The molecule has 0 spiro atoms. The van der Waals surface area contributed by atoms with E-state index in [0.717, 1.165) is 5.56 Å². The van der Waals surface area contributed by atoms with E-state index >= 15 is 0 Å². The lowest BCUT2D eigenvalue weighted by Gasteiger charge is -2.15. The second-order valence-electron chi connectivity index (χ2n) is 6.37. The molecule has 1 atom stereocenters. The molecule has 8 nitrogen and oxygen atoms in total. The van der Waals surface area contributed by atoms with E-state index in [9.17, 15) is 14.7 Å². The van der Waals surface area contributed by atoms with Gasteiger partial charge < -0.3 is 20.3 Å². The van der Waals surface area contributed by atoms with Gasteiger partial charge in [-0.15, -0.1) is 0 Å². The molecule has 3 N–H and O–H groups in total. The number of amides is 1. The van der Waals surface area contributed by atoms with Crippen LogP contribution in [0.3, 0.4) is 0 Å². The van der Waals surface area contributed by atoms with Gasteiger partial charge in [0.25, 0.3) is 5.56 Å². The molecule has 0 aliphatic carbocycles. The molecular weight excluding hydrogens is 362 g/mol. The summed E-state index contributed by atoms with van der Waals surface area (Å²) in [4.78, 5) is 28.2. The van der Waals surface area contributed by atoms with Crippen LogP contribution in [-0.2, 0) is 11.3 Å². The van der Waals surface area contributed by atoms with Crippen LogP contribution in [0.2, 0.25) is 0 Å². The normalized spacial score (nSPS) is 12.0. The zero-order valence-electron chi connectivity index (χ0n) is 15.3. The minimum Gasteiger partial charge on any atom is -0.491 e. The first-order valence-electron chi connectivity index (χ1n) is 8.74. The number of benzene rings is 2. The minimum absolute atomic E-state index is 0.0148. The number of fused-ring (bicyclic) bond motifs is 1. The highest BCUT2D eigenvalue weighted by atomic mass is 16.5. The molecule has 0 bridgehead atoms. The Kier molecular flexibility index (Phi) is 6.03. The van der Waals surface area contributed by atoms with Gasteiger partial charge in [0, 0.05) is 5.69 Å². The highest BCUT2D eigenvalue weighted by Gasteiger charge is 2.12. The maximum absolute atomic E-state index is 12.7. The van der Waals surface area contributed by atoms with Crippen molar-refractivity contribution in [2.75, 3.05) is 18.5 Å². The quantitative estimate of drug-likeness (QED) is 0.563. The molecule has 0 fully saturated rings. The van der Waals surface area contributed by atoms with Crippen molar-refractivity contribution < 1.29 is 19.7 Å². The number of aromatic nitrogens is 2. The standard InChI is InChI=1S/C20H21N3O5/c1-13-4-2-3-5-18(13)28-11-15(25)9-23-12-21-17-7-6-14(22-19(26)10-24)8-16(17)20(23)27/h2-8,12,15,24-25H,9-11H2,1H3,(H,22,26). The van der Waals surface area contributed by atoms with E-state index in [2.05, 4.69) is 10.3 Å². The number of ether oxygens (including phenoxy) is 1. The van der Waals surface area contributed by atoms with Gasteiger partial charge in [-0.05, 0) is 36.8 Å². The lowest BCUT2D eigenvalue weighted by Crippen LogP contribution is -2.30. The van der Waals surface area contributed by atoms with Gasteiger partial charge in [-0.1, -0.05) is 18.2 Å². The molecule has 0 radical (unpaired) electrons. The molecule has 0 saturated carbocycles. The molecule has 2 aromatic carbocycles. The molecule has 146 valence electrons. The number of carbonyl (C=O) groups excluding carboxylic acids is 1. The average molecular weight is 383 g/mol. The first-order valence-corrected chi connectivity index (χ1v) is 8.74. The van der Waals surface area contributed by atoms with E-state index in [1.807, 2.05) is 31.2 Å². The maximum atomic E-state index is 12.7. The molecule has 28 heavy (non-hydrogen) atoms. The van der Waals surface area contributed by atoms with E-state index in [-0.39, 0.29) is 18.7 Å². The molecule has 3 aromatic rings. The second-order valence-corrected chi connectivity index (χ2v) is 6.37. The van der Waals surface area contributed by atoms with E-state index in [0.29, 0.717) is 22.3 Å². The van der Waals surface area contributed by atoms with Crippen LogP contribution in [0.25, 0.3) is 10.9 Å². The zero-order valence-corrected chi connectivity index (χ0v) is 15.3. The lowest BCUT2D eigenvalue weighted by molar-refractivity contribution is -0.118. The Labute approximate surface area is 161 Å². The highest BCUT2D eigenvalue weighted by Crippen LogP contribution is 2.17. The number of hydrogen-bond acceptors (Lipinski definition) is 6. The van der Waals surface area contributed by atoms with Gasteiger partial charge in [0.1, 0.15) is 25.1 Å². The van der Waals surface area contributed by atoms with Crippen molar-refractivity contribution in [1.29, 1.82) is 0 Å².